The van der Waals surface area contributed by atoms with Crippen molar-refractivity contribution in [1.82, 2.24) is 20.6 Å². The maximum Gasteiger partial charge on any atom is 0.329 e. The summed E-state index contributed by atoms with van der Waals surface area (Å²) >= 11 is 0. The first-order chi connectivity index (χ1) is 9.19. The maximum absolute atomic E-state index is 11.8. The fourth-order valence-corrected chi connectivity index (χ4v) is 2.15. The van der Waals surface area contributed by atoms with Crippen LogP contribution in [0.1, 0.15) is 23.3 Å². The van der Waals surface area contributed by atoms with Gasteiger partial charge in [0, 0.05) is 19.2 Å². The lowest BCUT2D eigenvalue weighted by atomic mass is 9.98. The monoisotopic (exact) mass is 266 g/mol. The molecular formula is C12H18N4O3. The van der Waals surface area contributed by atoms with Gasteiger partial charge in [-0.05, 0) is 0 Å². The number of ether oxygens (including phenoxy) is 1. The fourth-order valence-electron chi connectivity index (χ4n) is 2.15. The molecule has 104 valence electrons. The topological polar surface area (TPSA) is 77.4 Å². The zero-order valence-electron chi connectivity index (χ0n) is 11.0. The van der Waals surface area contributed by atoms with Crippen molar-refractivity contribution in [1.29, 1.82) is 0 Å². The van der Waals surface area contributed by atoms with Crippen LogP contribution in [-0.2, 0) is 21.4 Å². The molecule has 1 aromatic rings. The van der Waals surface area contributed by atoms with Crippen molar-refractivity contribution in [2.75, 3.05) is 20.3 Å². The van der Waals surface area contributed by atoms with Gasteiger partial charge in [-0.25, -0.2) is 4.79 Å². The summed E-state index contributed by atoms with van der Waals surface area (Å²) in [6, 6.07) is -0.561. The van der Waals surface area contributed by atoms with Crippen LogP contribution in [0.3, 0.4) is 0 Å². The summed E-state index contributed by atoms with van der Waals surface area (Å²) in [4.78, 5) is 17.0. The molecule has 0 aliphatic carbocycles. The van der Waals surface area contributed by atoms with Crippen molar-refractivity contribution in [2.45, 2.75) is 12.1 Å². The molecule has 2 heterocycles. The second-order valence-corrected chi connectivity index (χ2v) is 4.24. The number of hydrogen-bond acceptors (Lipinski definition) is 6. The third-order valence-corrected chi connectivity index (χ3v) is 3.05. The van der Waals surface area contributed by atoms with Crippen molar-refractivity contribution in [3.05, 3.63) is 30.1 Å². The number of aryl methyl sites for hydroxylation is 1. The van der Waals surface area contributed by atoms with E-state index in [2.05, 4.69) is 22.5 Å². The Kier molecular flexibility index (Phi) is 4.31. The minimum absolute atomic E-state index is 0.0652. The standard InChI is InChI=1S/C12H18N4O3/c1-4-5-19-15-9-7-13-10(12(17)18-3)11-8(9)6-14-16(11)2/h4,6,9-10,13,15H,1,5,7H2,2-3H3. The lowest BCUT2D eigenvalue weighted by Gasteiger charge is -2.29. The maximum atomic E-state index is 11.8. The Hall–Kier alpha value is -1.70. The Labute approximate surface area is 111 Å². The molecule has 1 aliphatic heterocycles. The first kappa shape index (κ1) is 13.7. The lowest BCUT2D eigenvalue weighted by molar-refractivity contribution is -0.143. The number of carbonyl (C=O) groups excluding carboxylic acids is 1. The number of carbonyl (C=O) groups is 1. The summed E-state index contributed by atoms with van der Waals surface area (Å²) in [5.74, 6) is -0.324. The van der Waals surface area contributed by atoms with E-state index in [-0.39, 0.29) is 12.0 Å². The quantitative estimate of drug-likeness (QED) is 0.338. The van der Waals surface area contributed by atoms with Crippen LogP contribution in [0.25, 0.3) is 0 Å². The Balaban J connectivity index is 2.20. The highest BCUT2D eigenvalue weighted by Gasteiger charge is 2.35. The van der Waals surface area contributed by atoms with Gasteiger partial charge in [0.25, 0.3) is 0 Å². The van der Waals surface area contributed by atoms with Gasteiger partial charge in [0.2, 0.25) is 0 Å². The van der Waals surface area contributed by atoms with Gasteiger partial charge in [0.05, 0.1) is 31.6 Å². The largest absolute Gasteiger partial charge is 0.468 e. The van der Waals surface area contributed by atoms with Gasteiger partial charge in [-0.1, -0.05) is 6.08 Å². The molecule has 0 saturated heterocycles. The average Bonchev–Trinajstić information content (AvgIpc) is 2.81. The number of fused-ring (bicyclic) bond motifs is 1. The number of rotatable bonds is 5. The molecule has 2 atom stereocenters. The number of esters is 1. The van der Waals surface area contributed by atoms with E-state index in [1.54, 1.807) is 24.0 Å². The predicted octanol–water partition coefficient (Wildman–Crippen LogP) is -0.0143. The summed E-state index contributed by atoms with van der Waals surface area (Å²) in [5.41, 5.74) is 4.65. The van der Waals surface area contributed by atoms with Crippen molar-refractivity contribution in [2.24, 2.45) is 7.05 Å². The summed E-state index contributed by atoms with van der Waals surface area (Å²) in [6.45, 7) is 4.54. The van der Waals surface area contributed by atoms with E-state index in [1.807, 2.05) is 0 Å². The molecule has 1 aromatic heterocycles. The molecule has 0 spiro atoms. The van der Waals surface area contributed by atoms with Crippen LogP contribution in [0, 0.1) is 0 Å². The summed E-state index contributed by atoms with van der Waals surface area (Å²) in [7, 11) is 3.17. The second-order valence-electron chi connectivity index (χ2n) is 4.24. The van der Waals surface area contributed by atoms with Crippen LogP contribution in [0.15, 0.2) is 18.9 Å². The van der Waals surface area contributed by atoms with Crippen LogP contribution in [-0.4, -0.2) is 36.0 Å². The average molecular weight is 266 g/mol. The van der Waals surface area contributed by atoms with Crippen molar-refractivity contribution in [3.8, 4) is 0 Å². The van der Waals surface area contributed by atoms with Gasteiger partial charge in [0.15, 0.2) is 0 Å². The molecule has 2 N–H and O–H groups in total. The number of nitrogens with one attached hydrogen (secondary N) is 2. The van der Waals surface area contributed by atoms with E-state index in [1.165, 1.54) is 7.11 Å². The lowest BCUT2D eigenvalue weighted by Crippen LogP contribution is -2.43. The molecule has 7 nitrogen and oxygen atoms in total. The first-order valence-corrected chi connectivity index (χ1v) is 6.00. The summed E-state index contributed by atoms with van der Waals surface area (Å²) < 4.78 is 6.47. The summed E-state index contributed by atoms with van der Waals surface area (Å²) in [6.07, 6.45) is 3.39. The predicted molar refractivity (Wildman–Crippen MR) is 68.0 cm³/mol. The minimum Gasteiger partial charge on any atom is -0.468 e. The third kappa shape index (κ3) is 2.67. The highest BCUT2D eigenvalue weighted by molar-refractivity contribution is 5.78. The van der Waals surface area contributed by atoms with E-state index in [0.717, 1.165) is 11.3 Å². The third-order valence-electron chi connectivity index (χ3n) is 3.05. The van der Waals surface area contributed by atoms with Gasteiger partial charge in [-0.2, -0.15) is 10.6 Å². The fraction of sp³-hybridized carbons (Fsp3) is 0.500. The van der Waals surface area contributed by atoms with Gasteiger partial charge in [-0.15, -0.1) is 6.58 Å². The molecule has 0 fully saturated rings. The molecule has 0 radical (unpaired) electrons. The Morgan fingerprint density at radius 2 is 2.58 bits per heavy atom. The number of nitrogens with zero attached hydrogens (tertiary/aromatic N) is 2. The molecule has 2 rings (SSSR count). The molecular weight excluding hydrogens is 248 g/mol. The zero-order valence-corrected chi connectivity index (χ0v) is 11.0. The SMILES string of the molecule is C=CCONC1CNC(C(=O)OC)c2c1cnn2C. The van der Waals surface area contributed by atoms with Crippen molar-refractivity contribution < 1.29 is 14.4 Å². The smallest absolute Gasteiger partial charge is 0.329 e. The molecule has 2 unspecified atom stereocenters. The van der Waals surface area contributed by atoms with E-state index < -0.39 is 6.04 Å². The molecule has 0 saturated carbocycles. The Morgan fingerprint density at radius 1 is 1.79 bits per heavy atom. The number of methoxy groups -OCH3 is 1. The Morgan fingerprint density at radius 3 is 3.26 bits per heavy atom. The van der Waals surface area contributed by atoms with Gasteiger partial charge < -0.3 is 4.74 Å². The molecule has 0 amide bonds. The number of hydroxylamine groups is 1. The van der Waals surface area contributed by atoms with Gasteiger partial charge >= 0.3 is 5.97 Å². The van der Waals surface area contributed by atoms with Gasteiger partial charge in [0.1, 0.15) is 6.04 Å². The second kappa shape index (κ2) is 5.96. The molecule has 19 heavy (non-hydrogen) atoms. The van der Waals surface area contributed by atoms with Crippen molar-refractivity contribution >= 4 is 5.97 Å². The van der Waals surface area contributed by atoms with Gasteiger partial charge in [-0.3, -0.25) is 14.8 Å². The van der Waals surface area contributed by atoms with Crippen LogP contribution in [0.4, 0.5) is 0 Å². The zero-order chi connectivity index (χ0) is 13.8. The normalized spacial score (nSPS) is 21.8. The van der Waals surface area contributed by atoms with E-state index in [9.17, 15) is 4.79 Å². The number of aromatic nitrogens is 2. The Bertz CT molecular complexity index is 472. The van der Waals surface area contributed by atoms with Crippen molar-refractivity contribution in [3.63, 3.8) is 0 Å². The molecule has 0 aromatic carbocycles. The minimum atomic E-state index is -0.495. The molecule has 1 aliphatic rings. The highest BCUT2D eigenvalue weighted by atomic mass is 16.6. The van der Waals surface area contributed by atoms with Crippen LogP contribution >= 0.6 is 0 Å². The van der Waals surface area contributed by atoms with Crippen LogP contribution in [0.2, 0.25) is 0 Å². The highest BCUT2D eigenvalue weighted by Crippen LogP contribution is 2.28. The van der Waals surface area contributed by atoms with E-state index in [0.29, 0.717) is 13.2 Å². The summed E-state index contributed by atoms with van der Waals surface area (Å²) in [5, 5.41) is 7.32. The number of hydrogen-bond donors (Lipinski definition) is 2. The first-order valence-electron chi connectivity index (χ1n) is 6.00. The molecule has 7 heteroatoms. The van der Waals surface area contributed by atoms with E-state index >= 15 is 0 Å². The van der Waals surface area contributed by atoms with E-state index in [4.69, 9.17) is 9.57 Å². The molecule has 0 bridgehead atoms. The van der Waals surface area contributed by atoms with Crippen LogP contribution in [0.5, 0.6) is 0 Å². The van der Waals surface area contributed by atoms with Crippen LogP contribution < -0.4 is 10.8 Å².